The fraction of sp³-hybridized carbons (Fsp3) is 0.538. The third-order valence-electron chi connectivity index (χ3n) is 3.47. The number of hydrogen-bond donors (Lipinski definition) is 2. The molecule has 1 aliphatic heterocycles. The van der Waals surface area contributed by atoms with Crippen molar-refractivity contribution in [3.05, 3.63) is 30.1 Å². The lowest BCUT2D eigenvalue weighted by Gasteiger charge is -2.39. The predicted octanol–water partition coefficient (Wildman–Crippen LogP) is 0.292. The lowest BCUT2D eigenvalue weighted by molar-refractivity contribution is -0.130. The van der Waals surface area contributed by atoms with Crippen LogP contribution in [0.4, 0.5) is 0 Å². The molecule has 1 aromatic rings. The van der Waals surface area contributed by atoms with Gasteiger partial charge < -0.3 is 11.1 Å². The minimum atomic E-state index is -0.0829. The standard InChI is InChI=1S/C13H20N4O/c1-2-11-13(18)16-7-8-17(11)12(9-14)10-3-5-15-6-4-10/h3-6,11-12H,2,7-9,14H2,1H3,(H,16,18). The van der Waals surface area contributed by atoms with Gasteiger partial charge in [-0.1, -0.05) is 6.92 Å². The Hall–Kier alpha value is -1.46. The van der Waals surface area contributed by atoms with Crippen molar-refractivity contribution in [1.29, 1.82) is 0 Å². The maximum absolute atomic E-state index is 11.9. The number of pyridine rings is 1. The van der Waals surface area contributed by atoms with Crippen LogP contribution in [0.15, 0.2) is 24.5 Å². The van der Waals surface area contributed by atoms with Crippen LogP contribution in [0.5, 0.6) is 0 Å². The van der Waals surface area contributed by atoms with Crippen LogP contribution in [0.3, 0.4) is 0 Å². The first-order valence-corrected chi connectivity index (χ1v) is 6.41. The van der Waals surface area contributed by atoms with Gasteiger partial charge in [-0.25, -0.2) is 0 Å². The van der Waals surface area contributed by atoms with E-state index in [1.54, 1.807) is 12.4 Å². The Kier molecular flexibility index (Phi) is 4.28. The van der Waals surface area contributed by atoms with Crippen LogP contribution >= 0.6 is 0 Å². The number of rotatable bonds is 4. The fourth-order valence-electron chi connectivity index (χ4n) is 2.57. The second kappa shape index (κ2) is 5.93. The van der Waals surface area contributed by atoms with Crippen LogP contribution in [-0.2, 0) is 4.79 Å². The lowest BCUT2D eigenvalue weighted by atomic mass is 10.0. The van der Waals surface area contributed by atoms with Crippen LogP contribution in [0.2, 0.25) is 0 Å². The van der Waals surface area contributed by atoms with Gasteiger partial charge in [-0.05, 0) is 24.1 Å². The number of nitrogens with two attached hydrogens (primary N) is 1. The van der Waals surface area contributed by atoms with Crippen molar-refractivity contribution in [2.24, 2.45) is 5.73 Å². The van der Waals surface area contributed by atoms with Crippen molar-refractivity contribution in [2.75, 3.05) is 19.6 Å². The number of carbonyl (C=O) groups excluding carboxylic acids is 1. The Bertz CT molecular complexity index is 395. The Morgan fingerprint density at radius 1 is 1.56 bits per heavy atom. The predicted molar refractivity (Wildman–Crippen MR) is 69.8 cm³/mol. The Labute approximate surface area is 107 Å². The molecule has 3 N–H and O–H groups in total. The van der Waals surface area contributed by atoms with Crippen LogP contribution in [-0.4, -0.2) is 41.5 Å². The maximum atomic E-state index is 11.9. The van der Waals surface area contributed by atoms with E-state index in [9.17, 15) is 4.79 Å². The maximum Gasteiger partial charge on any atom is 0.237 e. The third-order valence-corrected chi connectivity index (χ3v) is 3.47. The summed E-state index contributed by atoms with van der Waals surface area (Å²) in [5.74, 6) is 0.108. The monoisotopic (exact) mass is 248 g/mol. The summed E-state index contributed by atoms with van der Waals surface area (Å²) in [6, 6.07) is 3.94. The second-order valence-electron chi connectivity index (χ2n) is 4.48. The average molecular weight is 248 g/mol. The third kappa shape index (κ3) is 2.52. The zero-order chi connectivity index (χ0) is 13.0. The molecular formula is C13H20N4O. The molecule has 18 heavy (non-hydrogen) atoms. The SMILES string of the molecule is CCC1C(=O)NCCN1C(CN)c1ccncc1. The number of nitrogens with one attached hydrogen (secondary N) is 1. The molecule has 0 aromatic carbocycles. The molecule has 1 aliphatic rings. The molecule has 2 rings (SSSR count). The van der Waals surface area contributed by atoms with E-state index in [0.717, 1.165) is 18.5 Å². The van der Waals surface area contributed by atoms with Gasteiger partial charge in [-0.2, -0.15) is 0 Å². The lowest BCUT2D eigenvalue weighted by Crippen LogP contribution is -2.56. The first-order valence-electron chi connectivity index (χ1n) is 6.41. The van der Waals surface area contributed by atoms with Gasteiger partial charge >= 0.3 is 0 Å². The van der Waals surface area contributed by atoms with Gasteiger partial charge in [0.15, 0.2) is 0 Å². The van der Waals surface area contributed by atoms with E-state index in [-0.39, 0.29) is 18.0 Å². The van der Waals surface area contributed by atoms with E-state index >= 15 is 0 Å². The molecule has 0 saturated carbocycles. The highest BCUT2D eigenvalue weighted by molar-refractivity contribution is 5.82. The molecule has 0 radical (unpaired) electrons. The molecule has 0 spiro atoms. The number of amides is 1. The molecule has 1 aromatic heterocycles. The quantitative estimate of drug-likeness (QED) is 0.803. The highest BCUT2D eigenvalue weighted by Gasteiger charge is 2.33. The largest absolute Gasteiger partial charge is 0.353 e. The average Bonchev–Trinajstić information content (AvgIpc) is 2.41. The summed E-state index contributed by atoms with van der Waals surface area (Å²) in [4.78, 5) is 18.1. The molecule has 2 unspecified atom stereocenters. The first kappa shape index (κ1) is 13.0. The molecule has 98 valence electrons. The Morgan fingerprint density at radius 2 is 2.28 bits per heavy atom. The van der Waals surface area contributed by atoms with E-state index in [4.69, 9.17) is 5.73 Å². The number of nitrogens with zero attached hydrogens (tertiary/aromatic N) is 2. The fourth-order valence-corrected chi connectivity index (χ4v) is 2.57. The minimum absolute atomic E-state index is 0.0829. The number of hydrogen-bond acceptors (Lipinski definition) is 4. The zero-order valence-corrected chi connectivity index (χ0v) is 10.7. The van der Waals surface area contributed by atoms with Crippen molar-refractivity contribution in [3.63, 3.8) is 0 Å². The minimum Gasteiger partial charge on any atom is -0.353 e. The van der Waals surface area contributed by atoms with Gasteiger partial charge in [-0.3, -0.25) is 14.7 Å². The smallest absolute Gasteiger partial charge is 0.237 e. The Morgan fingerprint density at radius 3 is 2.89 bits per heavy atom. The van der Waals surface area contributed by atoms with Gasteiger partial charge in [0.2, 0.25) is 5.91 Å². The molecule has 1 amide bonds. The van der Waals surface area contributed by atoms with E-state index in [1.807, 2.05) is 19.1 Å². The van der Waals surface area contributed by atoms with E-state index in [2.05, 4.69) is 15.2 Å². The van der Waals surface area contributed by atoms with Gasteiger partial charge in [-0.15, -0.1) is 0 Å². The van der Waals surface area contributed by atoms with E-state index in [0.29, 0.717) is 13.1 Å². The summed E-state index contributed by atoms with van der Waals surface area (Å²) in [7, 11) is 0. The summed E-state index contributed by atoms with van der Waals surface area (Å²) < 4.78 is 0. The molecular weight excluding hydrogens is 228 g/mol. The molecule has 1 fully saturated rings. The van der Waals surface area contributed by atoms with Gasteiger partial charge in [0, 0.05) is 38.1 Å². The van der Waals surface area contributed by atoms with Crippen LogP contribution in [0.1, 0.15) is 24.9 Å². The molecule has 5 nitrogen and oxygen atoms in total. The highest BCUT2D eigenvalue weighted by Crippen LogP contribution is 2.24. The molecule has 2 atom stereocenters. The van der Waals surface area contributed by atoms with Gasteiger partial charge in [0.05, 0.1) is 6.04 Å². The first-order chi connectivity index (χ1) is 8.77. The zero-order valence-electron chi connectivity index (χ0n) is 10.7. The summed E-state index contributed by atoms with van der Waals surface area (Å²) in [5.41, 5.74) is 7.03. The van der Waals surface area contributed by atoms with Crippen molar-refractivity contribution >= 4 is 5.91 Å². The molecule has 5 heteroatoms. The van der Waals surface area contributed by atoms with Crippen molar-refractivity contribution in [2.45, 2.75) is 25.4 Å². The molecule has 0 aliphatic carbocycles. The van der Waals surface area contributed by atoms with Crippen molar-refractivity contribution in [1.82, 2.24) is 15.2 Å². The number of carbonyl (C=O) groups is 1. The van der Waals surface area contributed by atoms with E-state index in [1.165, 1.54) is 0 Å². The summed E-state index contributed by atoms with van der Waals surface area (Å²) >= 11 is 0. The molecule has 1 saturated heterocycles. The summed E-state index contributed by atoms with van der Waals surface area (Å²) in [6.07, 6.45) is 4.33. The molecule has 2 heterocycles. The van der Waals surface area contributed by atoms with Crippen LogP contribution in [0, 0.1) is 0 Å². The Balaban J connectivity index is 2.23. The molecule has 0 bridgehead atoms. The summed E-state index contributed by atoms with van der Waals surface area (Å²) in [5, 5.41) is 2.91. The van der Waals surface area contributed by atoms with Crippen LogP contribution in [0.25, 0.3) is 0 Å². The van der Waals surface area contributed by atoms with Crippen molar-refractivity contribution in [3.8, 4) is 0 Å². The number of piperazine rings is 1. The highest BCUT2D eigenvalue weighted by atomic mass is 16.2. The van der Waals surface area contributed by atoms with Crippen molar-refractivity contribution < 1.29 is 4.79 Å². The van der Waals surface area contributed by atoms with E-state index < -0.39 is 0 Å². The summed E-state index contributed by atoms with van der Waals surface area (Å²) in [6.45, 7) is 4.07. The topological polar surface area (TPSA) is 71.2 Å². The van der Waals surface area contributed by atoms with Gasteiger partial charge in [0.1, 0.15) is 0 Å². The van der Waals surface area contributed by atoms with Crippen LogP contribution < -0.4 is 11.1 Å². The number of aromatic nitrogens is 1. The normalized spacial score (nSPS) is 22.6. The second-order valence-corrected chi connectivity index (χ2v) is 4.48. The van der Waals surface area contributed by atoms with Gasteiger partial charge in [0.25, 0.3) is 0 Å².